The molecule has 0 aliphatic rings. The Morgan fingerprint density at radius 1 is 1.36 bits per heavy atom. The monoisotopic (exact) mass is 214 g/mol. The number of benzene rings is 1. The van der Waals surface area contributed by atoms with Gasteiger partial charge in [0.1, 0.15) is 5.75 Å². The fourth-order valence-electron chi connectivity index (χ4n) is 0.889. The van der Waals surface area contributed by atoms with Crippen LogP contribution in [0.5, 0.6) is 5.75 Å². The molecule has 1 rings (SSSR count). The zero-order valence-corrected chi connectivity index (χ0v) is 8.22. The zero-order valence-electron chi connectivity index (χ0n) is 6.63. The molecule has 0 saturated heterocycles. The van der Waals surface area contributed by atoms with Crippen LogP contribution in [0.3, 0.4) is 0 Å². The molecule has 1 N–H and O–H groups in total. The second-order valence-electron chi connectivity index (χ2n) is 2.87. The van der Waals surface area contributed by atoms with Crippen LogP contribution in [0.1, 0.15) is 25.3 Å². The second kappa shape index (κ2) is 3.26. The van der Waals surface area contributed by atoms with Gasteiger partial charge in [0.05, 0.1) is 4.47 Å². The van der Waals surface area contributed by atoms with Gasteiger partial charge >= 0.3 is 0 Å². The van der Waals surface area contributed by atoms with Crippen LogP contribution in [-0.4, -0.2) is 5.11 Å². The van der Waals surface area contributed by atoms with E-state index >= 15 is 0 Å². The lowest BCUT2D eigenvalue weighted by Gasteiger charge is -2.05. The Hall–Kier alpha value is -0.500. The molecule has 60 valence electrons. The lowest BCUT2D eigenvalue weighted by molar-refractivity contribution is 0.470. The van der Waals surface area contributed by atoms with Gasteiger partial charge in [-0.3, -0.25) is 0 Å². The van der Waals surface area contributed by atoms with E-state index in [1.165, 1.54) is 0 Å². The average molecular weight is 215 g/mol. The Balaban J connectivity index is 3.05. The minimum Gasteiger partial charge on any atom is -0.507 e. The fraction of sp³-hybridized carbons (Fsp3) is 0.333. The molecule has 0 bridgehead atoms. The molecule has 1 aromatic rings. The van der Waals surface area contributed by atoms with Crippen molar-refractivity contribution in [3.8, 4) is 5.75 Å². The van der Waals surface area contributed by atoms with Gasteiger partial charge in [-0.25, -0.2) is 0 Å². The van der Waals surface area contributed by atoms with Gasteiger partial charge in [-0.15, -0.1) is 0 Å². The number of aromatic hydroxyl groups is 1. The van der Waals surface area contributed by atoms with Crippen molar-refractivity contribution in [2.24, 2.45) is 0 Å². The first-order valence-electron chi connectivity index (χ1n) is 3.59. The Labute approximate surface area is 75.2 Å². The standard InChI is InChI=1S/C9H11BrO/c1-6(2)7-3-4-8(10)9(11)5-7/h3-6,11H,1-2H3. The van der Waals surface area contributed by atoms with Crippen molar-refractivity contribution in [2.75, 3.05) is 0 Å². The summed E-state index contributed by atoms with van der Waals surface area (Å²) in [4.78, 5) is 0. The fourth-order valence-corrected chi connectivity index (χ4v) is 1.14. The van der Waals surface area contributed by atoms with Gasteiger partial charge in [0.2, 0.25) is 0 Å². The van der Waals surface area contributed by atoms with Gasteiger partial charge in [0.15, 0.2) is 0 Å². The van der Waals surface area contributed by atoms with Crippen molar-refractivity contribution in [1.29, 1.82) is 0 Å². The molecular weight excluding hydrogens is 204 g/mol. The van der Waals surface area contributed by atoms with Crippen LogP contribution in [0.25, 0.3) is 0 Å². The molecule has 1 nitrogen and oxygen atoms in total. The van der Waals surface area contributed by atoms with Crippen molar-refractivity contribution in [2.45, 2.75) is 19.8 Å². The van der Waals surface area contributed by atoms with Crippen molar-refractivity contribution in [3.63, 3.8) is 0 Å². The summed E-state index contributed by atoms with van der Waals surface area (Å²) >= 11 is 3.23. The highest BCUT2D eigenvalue weighted by Gasteiger charge is 2.01. The van der Waals surface area contributed by atoms with Crippen molar-refractivity contribution in [3.05, 3.63) is 28.2 Å². The van der Waals surface area contributed by atoms with Crippen molar-refractivity contribution in [1.82, 2.24) is 0 Å². The van der Waals surface area contributed by atoms with Gasteiger partial charge in [0, 0.05) is 0 Å². The molecule has 0 amide bonds. The van der Waals surface area contributed by atoms with Crippen molar-refractivity contribution < 1.29 is 5.11 Å². The highest BCUT2D eigenvalue weighted by molar-refractivity contribution is 9.10. The van der Waals surface area contributed by atoms with Gasteiger partial charge in [-0.05, 0) is 39.5 Å². The normalized spacial score (nSPS) is 10.5. The molecule has 0 aliphatic carbocycles. The molecule has 0 fully saturated rings. The van der Waals surface area contributed by atoms with Crippen LogP contribution in [0.4, 0.5) is 0 Å². The molecule has 0 aliphatic heterocycles. The minimum absolute atomic E-state index is 0.316. The van der Waals surface area contributed by atoms with E-state index in [-0.39, 0.29) is 0 Å². The van der Waals surface area contributed by atoms with Crippen LogP contribution >= 0.6 is 15.9 Å². The Kier molecular flexibility index (Phi) is 2.55. The number of hydrogen-bond donors (Lipinski definition) is 1. The maximum absolute atomic E-state index is 9.30. The quantitative estimate of drug-likeness (QED) is 0.762. The number of hydrogen-bond acceptors (Lipinski definition) is 1. The third kappa shape index (κ3) is 1.96. The first kappa shape index (κ1) is 8.60. The summed E-state index contributed by atoms with van der Waals surface area (Å²) in [6.45, 7) is 4.20. The topological polar surface area (TPSA) is 20.2 Å². The summed E-state index contributed by atoms with van der Waals surface area (Å²) in [5.74, 6) is 0.783. The average Bonchev–Trinajstić information content (AvgIpc) is 1.94. The Morgan fingerprint density at radius 2 is 2.00 bits per heavy atom. The van der Waals surface area contributed by atoms with E-state index in [1.54, 1.807) is 6.07 Å². The van der Waals surface area contributed by atoms with E-state index in [0.717, 1.165) is 10.0 Å². The minimum atomic E-state index is 0.316. The molecule has 0 unspecified atom stereocenters. The van der Waals surface area contributed by atoms with E-state index in [9.17, 15) is 5.11 Å². The van der Waals surface area contributed by atoms with Crippen LogP contribution in [0.2, 0.25) is 0 Å². The summed E-state index contributed by atoms with van der Waals surface area (Å²) in [5, 5.41) is 9.30. The van der Waals surface area contributed by atoms with E-state index in [4.69, 9.17) is 0 Å². The van der Waals surface area contributed by atoms with E-state index in [2.05, 4.69) is 29.8 Å². The SMILES string of the molecule is CC(C)c1ccc(Br)c(O)c1. The van der Waals surface area contributed by atoms with E-state index in [1.807, 2.05) is 12.1 Å². The summed E-state index contributed by atoms with van der Waals surface area (Å²) in [5.41, 5.74) is 1.16. The molecule has 11 heavy (non-hydrogen) atoms. The van der Waals surface area contributed by atoms with Crippen molar-refractivity contribution >= 4 is 15.9 Å². The lowest BCUT2D eigenvalue weighted by Crippen LogP contribution is -1.85. The predicted octanol–water partition coefficient (Wildman–Crippen LogP) is 3.28. The number of rotatable bonds is 1. The van der Waals surface area contributed by atoms with Crippen LogP contribution < -0.4 is 0 Å². The first-order chi connectivity index (χ1) is 5.11. The zero-order chi connectivity index (χ0) is 8.43. The maximum Gasteiger partial charge on any atom is 0.130 e. The third-order valence-corrected chi connectivity index (χ3v) is 2.31. The summed E-state index contributed by atoms with van der Waals surface area (Å²) in [6, 6.07) is 5.66. The molecular formula is C9H11BrO. The smallest absolute Gasteiger partial charge is 0.130 e. The third-order valence-electron chi connectivity index (χ3n) is 1.64. The summed E-state index contributed by atoms with van der Waals surface area (Å²) in [6.07, 6.45) is 0. The van der Waals surface area contributed by atoms with E-state index < -0.39 is 0 Å². The predicted molar refractivity (Wildman–Crippen MR) is 49.9 cm³/mol. The van der Waals surface area contributed by atoms with Crippen LogP contribution in [0, 0.1) is 0 Å². The second-order valence-corrected chi connectivity index (χ2v) is 3.72. The summed E-state index contributed by atoms with van der Waals surface area (Å²) < 4.78 is 0.752. The first-order valence-corrected chi connectivity index (χ1v) is 4.39. The van der Waals surface area contributed by atoms with Crippen LogP contribution in [-0.2, 0) is 0 Å². The molecule has 0 atom stereocenters. The number of phenolic OH excluding ortho intramolecular Hbond substituents is 1. The van der Waals surface area contributed by atoms with Gasteiger partial charge in [-0.1, -0.05) is 19.9 Å². The number of halogens is 1. The molecule has 0 radical (unpaired) electrons. The van der Waals surface area contributed by atoms with Gasteiger partial charge < -0.3 is 5.11 Å². The lowest BCUT2D eigenvalue weighted by atomic mass is 10.0. The van der Waals surface area contributed by atoms with Gasteiger partial charge in [-0.2, -0.15) is 0 Å². The molecule has 2 heteroatoms. The summed E-state index contributed by atoms with van der Waals surface area (Å²) in [7, 11) is 0. The molecule has 0 saturated carbocycles. The number of phenols is 1. The molecule has 1 aromatic carbocycles. The molecule has 0 aromatic heterocycles. The van der Waals surface area contributed by atoms with Gasteiger partial charge in [0.25, 0.3) is 0 Å². The Bertz CT molecular complexity index is 256. The molecule has 0 heterocycles. The highest BCUT2D eigenvalue weighted by Crippen LogP contribution is 2.27. The van der Waals surface area contributed by atoms with Crippen LogP contribution in [0.15, 0.2) is 22.7 Å². The highest BCUT2D eigenvalue weighted by atomic mass is 79.9. The van der Waals surface area contributed by atoms with E-state index in [0.29, 0.717) is 11.7 Å². The molecule has 0 spiro atoms. The largest absolute Gasteiger partial charge is 0.507 e. The Morgan fingerprint density at radius 3 is 2.45 bits per heavy atom. The maximum atomic E-state index is 9.30.